The highest BCUT2D eigenvalue weighted by molar-refractivity contribution is 7.18. The van der Waals surface area contributed by atoms with Crippen LogP contribution in [0.3, 0.4) is 0 Å². The van der Waals surface area contributed by atoms with Crippen molar-refractivity contribution in [3.8, 4) is 10.6 Å². The first-order valence-electron chi connectivity index (χ1n) is 9.43. The summed E-state index contributed by atoms with van der Waals surface area (Å²) in [6.45, 7) is 0. The number of fused-ring (bicyclic) bond motifs is 1. The maximum Gasteiger partial charge on any atom is 0.256 e. The number of hydrogen-bond donors (Lipinski definition) is 1. The van der Waals surface area contributed by atoms with Crippen LogP contribution in [-0.4, -0.2) is 21.8 Å². The Labute approximate surface area is 177 Å². The Bertz CT molecular complexity index is 1280. The quantitative estimate of drug-likeness (QED) is 0.365. The van der Waals surface area contributed by atoms with E-state index in [9.17, 15) is 4.79 Å². The number of hydrogen-bond acceptors (Lipinski definition) is 5. The van der Waals surface area contributed by atoms with Gasteiger partial charge in [0.1, 0.15) is 5.01 Å². The Hall–Kier alpha value is -3.90. The molecule has 1 aliphatic heterocycles. The Balaban J connectivity index is 1.59. The molecule has 0 unspecified atom stereocenters. The van der Waals surface area contributed by atoms with Gasteiger partial charge < -0.3 is 5.32 Å². The van der Waals surface area contributed by atoms with Gasteiger partial charge in [-0.3, -0.25) is 4.79 Å². The van der Waals surface area contributed by atoms with E-state index in [2.05, 4.69) is 15.5 Å². The highest BCUT2D eigenvalue weighted by atomic mass is 32.1. The number of nitrogens with zero attached hydrogens (tertiary/aromatic N) is 3. The van der Waals surface area contributed by atoms with Gasteiger partial charge in [-0.15, -0.1) is 10.2 Å². The second kappa shape index (κ2) is 7.85. The van der Waals surface area contributed by atoms with Gasteiger partial charge in [-0.1, -0.05) is 90.2 Å². The van der Waals surface area contributed by atoms with E-state index in [1.165, 1.54) is 11.3 Å². The maximum atomic E-state index is 12.6. The highest BCUT2D eigenvalue weighted by Crippen LogP contribution is 2.33. The third-order valence-corrected chi connectivity index (χ3v) is 5.58. The first-order valence-corrected chi connectivity index (χ1v) is 10.2. The molecule has 30 heavy (non-hydrogen) atoms. The summed E-state index contributed by atoms with van der Waals surface area (Å²) >= 11 is 1.41. The van der Waals surface area contributed by atoms with E-state index in [4.69, 9.17) is 4.99 Å². The molecule has 0 saturated heterocycles. The van der Waals surface area contributed by atoms with Crippen LogP contribution >= 0.6 is 11.3 Å². The minimum atomic E-state index is -0.137. The van der Waals surface area contributed by atoms with Crippen molar-refractivity contribution in [2.24, 2.45) is 4.99 Å². The van der Waals surface area contributed by atoms with E-state index in [0.717, 1.165) is 27.4 Å². The second-order valence-corrected chi connectivity index (χ2v) is 7.63. The minimum Gasteiger partial charge on any atom is -0.321 e. The van der Waals surface area contributed by atoms with Gasteiger partial charge in [0.15, 0.2) is 0 Å². The number of benzene rings is 3. The van der Waals surface area contributed by atoms with Crippen molar-refractivity contribution in [3.63, 3.8) is 0 Å². The molecule has 5 nitrogen and oxygen atoms in total. The summed E-state index contributed by atoms with van der Waals surface area (Å²) < 4.78 is 0. The lowest BCUT2D eigenvalue weighted by molar-refractivity contribution is -0.110. The molecule has 0 fully saturated rings. The third-order valence-electron chi connectivity index (χ3n) is 4.71. The highest BCUT2D eigenvalue weighted by Gasteiger charge is 2.24. The zero-order valence-electron chi connectivity index (χ0n) is 15.8. The van der Waals surface area contributed by atoms with Crippen LogP contribution in [0, 0.1) is 0 Å². The summed E-state index contributed by atoms with van der Waals surface area (Å²) in [5.41, 5.74) is 4.82. The van der Waals surface area contributed by atoms with E-state index in [0.29, 0.717) is 16.4 Å². The lowest BCUT2D eigenvalue weighted by Gasteiger charge is -2.03. The first kappa shape index (κ1) is 18.1. The average molecular weight is 408 g/mol. The summed E-state index contributed by atoms with van der Waals surface area (Å²) in [7, 11) is 0. The standard InChI is InChI=1S/C24H16N4OS/c29-22-19(18-13-7-8-14-20(18)25-22)15-21(16-9-3-1-4-10-16)26-24-28-27-23(30-24)17-11-5-2-6-12-17/h1-15H,(H,25,29)/b19-15-,26-21-. The van der Waals surface area contributed by atoms with Gasteiger partial charge in [0, 0.05) is 22.4 Å². The van der Waals surface area contributed by atoms with Crippen molar-refractivity contribution in [3.05, 3.63) is 102 Å². The van der Waals surface area contributed by atoms with Gasteiger partial charge in [-0.05, 0) is 12.1 Å². The maximum absolute atomic E-state index is 12.6. The number of carbonyl (C=O) groups excluding carboxylic acids is 1. The zero-order chi connectivity index (χ0) is 20.3. The van der Waals surface area contributed by atoms with Crippen molar-refractivity contribution in [1.29, 1.82) is 0 Å². The summed E-state index contributed by atoms with van der Waals surface area (Å²) in [6, 6.07) is 27.3. The van der Waals surface area contributed by atoms with Crippen molar-refractivity contribution in [1.82, 2.24) is 10.2 Å². The molecule has 3 aromatic carbocycles. The second-order valence-electron chi connectivity index (χ2n) is 6.68. The normalized spacial score (nSPS) is 14.6. The average Bonchev–Trinajstić information content (AvgIpc) is 3.39. The number of anilines is 1. The summed E-state index contributed by atoms with van der Waals surface area (Å²) in [6.07, 6.45) is 1.82. The van der Waals surface area contributed by atoms with Crippen LogP contribution in [0.25, 0.3) is 16.1 Å². The first-order chi connectivity index (χ1) is 14.8. The number of aromatic nitrogens is 2. The Morgan fingerprint density at radius 1 is 0.867 bits per heavy atom. The van der Waals surface area contributed by atoms with E-state index in [1.54, 1.807) is 0 Å². The molecule has 1 N–H and O–H groups in total. The number of carbonyl (C=O) groups is 1. The molecule has 1 aliphatic rings. The Morgan fingerprint density at radius 3 is 2.37 bits per heavy atom. The smallest absolute Gasteiger partial charge is 0.256 e. The fourth-order valence-electron chi connectivity index (χ4n) is 3.27. The Morgan fingerprint density at radius 2 is 1.57 bits per heavy atom. The van der Waals surface area contributed by atoms with Gasteiger partial charge >= 0.3 is 0 Å². The van der Waals surface area contributed by atoms with Crippen LogP contribution in [0.1, 0.15) is 11.1 Å². The van der Waals surface area contributed by atoms with Crippen molar-refractivity contribution >= 4 is 39.3 Å². The van der Waals surface area contributed by atoms with Gasteiger partial charge in [-0.2, -0.15) is 0 Å². The van der Waals surface area contributed by atoms with E-state index >= 15 is 0 Å². The van der Waals surface area contributed by atoms with Gasteiger partial charge in [-0.25, -0.2) is 4.99 Å². The van der Waals surface area contributed by atoms with Gasteiger partial charge in [0.05, 0.1) is 11.3 Å². The number of aliphatic imine (C=N–C) groups is 1. The number of rotatable bonds is 4. The van der Waals surface area contributed by atoms with Crippen LogP contribution in [-0.2, 0) is 4.79 Å². The van der Waals surface area contributed by atoms with E-state index in [-0.39, 0.29) is 5.91 Å². The molecule has 144 valence electrons. The van der Waals surface area contributed by atoms with Gasteiger partial charge in [0.25, 0.3) is 5.91 Å². The predicted octanol–water partition coefficient (Wildman–Crippen LogP) is 5.36. The number of allylic oxidation sites excluding steroid dienone is 1. The molecule has 0 radical (unpaired) electrons. The Kier molecular flexibility index (Phi) is 4.75. The number of nitrogens with one attached hydrogen (secondary N) is 1. The predicted molar refractivity (Wildman–Crippen MR) is 121 cm³/mol. The topological polar surface area (TPSA) is 67.2 Å². The molecule has 1 aromatic heterocycles. The monoisotopic (exact) mass is 408 g/mol. The van der Waals surface area contributed by atoms with Crippen molar-refractivity contribution in [2.75, 3.05) is 5.32 Å². The lowest BCUT2D eigenvalue weighted by atomic mass is 10.0. The molecule has 1 amide bonds. The summed E-state index contributed by atoms with van der Waals surface area (Å²) in [4.78, 5) is 17.3. The molecule has 2 heterocycles. The molecule has 6 heteroatoms. The molecular formula is C24H16N4OS. The third kappa shape index (κ3) is 3.56. The van der Waals surface area contributed by atoms with Crippen LogP contribution in [0.5, 0.6) is 0 Å². The van der Waals surface area contributed by atoms with Crippen LogP contribution in [0.15, 0.2) is 96.0 Å². The molecule has 0 saturated carbocycles. The zero-order valence-corrected chi connectivity index (χ0v) is 16.6. The molecule has 4 aromatic rings. The molecule has 0 aliphatic carbocycles. The van der Waals surface area contributed by atoms with Crippen LogP contribution in [0.4, 0.5) is 10.8 Å². The fraction of sp³-hybridized carbons (Fsp3) is 0. The van der Waals surface area contributed by atoms with Gasteiger partial charge in [0.2, 0.25) is 5.13 Å². The van der Waals surface area contributed by atoms with Crippen molar-refractivity contribution in [2.45, 2.75) is 0 Å². The van der Waals surface area contributed by atoms with Crippen LogP contribution in [0.2, 0.25) is 0 Å². The van der Waals surface area contributed by atoms with E-state index < -0.39 is 0 Å². The van der Waals surface area contributed by atoms with Crippen molar-refractivity contribution < 1.29 is 4.79 Å². The molecule has 5 rings (SSSR count). The molecular weight excluding hydrogens is 392 g/mol. The SMILES string of the molecule is O=C1Nc2ccccc2/C1=C/C(=N/c1nnc(-c2ccccc2)s1)c1ccccc1. The van der Waals surface area contributed by atoms with E-state index in [1.807, 2.05) is 91.0 Å². The fourth-order valence-corrected chi connectivity index (χ4v) is 4.00. The number of amides is 1. The van der Waals surface area contributed by atoms with Crippen LogP contribution < -0.4 is 5.32 Å². The minimum absolute atomic E-state index is 0.137. The molecule has 0 atom stereocenters. The summed E-state index contributed by atoms with van der Waals surface area (Å²) in [5, 5.41) is 12.8. The largest absolute Gasteiger partial charge is 0.321 e. The lowest BCUT2D eigenvalue weighted by Crippen LogP contribution is -2.06. The summed E-state index contributed by atoms with van der Waals surface area (Å²) in [5.74, 6) is -0.137. The molecule has 0 bridgehead atoms. The molecule has 0 spiro atoms. The number of para-hydroxylation sites is 1.